The van der Waals surface area contributed by atoms with E-state index >= 15 is 0 Å². The molecule has 5 nitrogen and oxygen atoms in total. The number of carbonyl (C=O) groups is 3. The second kappa shape index (κ2) is 5.72. The number of hydrogen-bond acceptors (Lipinski definition) is 3. The molecule has 1 heterocycles. The molecule has 122 valence electrons. The van der Waals surface area contributed by atoms with Crippen LogP contribution < -0.4 is 5.43 Å². The Bertz CT molecular complexity index is 1020. The fraction of sp³-hybridized carbons (Fsp3) is 0. The van der Waals surface area contributed by atoms with Gasteiger partial charge in [-0.15, -0.1) is 0 Å². The largest absolute Gasteiger partial charge is 0.280 e. The third-order valence-corrected chi connectivity index (χ3v) is 4.43. The molecule has 0 fully saturated rings. The lowest BCUT2D eigenvalue weighted by Gasteiger charge is -2.27. The van der Waals surface area contributed by atoms with Gasteiger partial charge in [0, 0.05) is 21.4 Å². The highest BCUT2D eigenvalue weighted by Gasteiger charge is 2.34. The van der Waals surface area contributed by atoms with Crippen LogP contribution in [0.15, 0.2) is 60.7 Å². The molecule has 0 unspecified atom stereocenters. The topological polar surface area (TPSA) is 66.5 Å². The molecule has 0 saturated heterocycles. The highest BCUT2D eigenvalue weighted by atomic mass is 35.5. The SMILES string of the molecule is O=C(NN1C(=O)c2cccc3c(Cl)ccc(c23)C1=O)c1ccccc1. The molecule has 0 atom stereocenters. The fourth-order valence-corrected chi connectivity index (χ4v) is 3.14. The lowest BCUT2D eigenvalue weighted by molar-refractivity contribution is 0.0479. The van der Waals surface area contributed by atoms with Crippen molar-refractivity contribution in [3.8, 4) is 0 Å². The van der Waals surface area contributed by atoms with Crippen molar-refractivity contribution < 1.29 is 14.4 Å². The number of hydrogen-bond donors (Lipinski definition) is 1. The van der Waals surface area contributed by atoms with Crippen LogP contribution in [0.4, 0.5) is 0 Å². The number of hydrazine groups is 1. The molecule has 0 bridgehead atoms. The number of rotatable bonds is 2. The highest BCUT2D eigenvalue weighted by molar-refractivity contribution is 6.38. The van der Waals surface area contributed by atoms with Gasteiger partial charge in [-0.3, -0.25) is 19.8 Å². The summed E-state index contributed by atoms with van der Waals surface area (Å²) in [6, 6.07) is 16.6. The summed E-state index contributed by atoms with van der Waals surface area (Å²) >= 11 is 6.17. The Balaban J connectivity index is 1.78. The molecule has 6 heteroatoms. The van der Waals surface area contributed by atoms with E-state index in [1.807, 2.05) is 0 Å². The number of benzene rings is 3. The second-order valence-electron chi connectivity index (χ2n) is 5.58. The third kappa shape index (κ3) is 2.37. The maximum Gasteiger partial charge on any atom is 0.280 e. The molecule has 3 amide bonds. The summed E-state index contributed by atoms with van der Waals surface area (Å²) in [7, 11) is 0. The summed E-state index contributed by atoms with van der Waals surface area (Å²) in [5.41, 5.74) is 3.39. The van der Waals surface area contributed by atoms with Crippen molar-refractivity contribution in [1.29, 1.82) is 0 Å². The van der Waals surface area contributed by atoms with Crippen molar-refractivity contribution in [1.82, 2.24) is 10.4 Å². The first-order chi connectivity index (χ1) is 12.1. The van der Waals surface area contributed by atoms with Crippen LogP contribution in [0.25, 0.3) is 10.8 Å². The predicted octanol–water partition coefficient (Wildman–Crippen LogP) is 3.43. The molecule has 0 aromatic heterocycles. The minimum absolute atomic E-state index is 0.322. The van der Waals surface area contributed by atoms with Gasteiger partial charge in [0.2, 0.25) is 0 Å². The molecular formula is C19H11ClN2O3. The average molecular weight is 351 g/mol. The Kier molecular flexibility index (Phi) is 3.51. The quantitative estimate of drug-likeness (QED) is 0.720. The minimum atomic E-state index is -0.588. The Morgan fingerprint density at radius 3 is 2.24 bits per heavy atom. The van der Waals surface area contributed by atoms with Crippen LogP contribution in [0.2, 0.25) is 5.02 Å². The van der Waals surface area contributed by atoms with Gasteiger partial charge in [-0.05, 0) is 30.3 Å². The summed E-state index contributed by atoms with van der Waals surface area (Å²) in [6.07, 6.45) is 0. The molecule has 0 radical (unpaired) electrons. The van der Waals surface area contributed by atoms with E-state index in [2.05, 4.69) is 5.43 Å². The van der Waals surface area contributed by atoms with Gasteiger partial charge in [0.1, 0.15) is 0 Å². The highest BCUT2D eigenvalue weighted by Crippen LogP contribution is 2.33. The van der Waals surface area contributed by atoms with Gasteiger partial charge < -0.3 is 0 Å². The average Bonchev–Trinajstić information content (AvgIpc) is 2.65. The molecule has 3 aromatic rings. The Hall–Kier alpha value is -3.18. The van der Waals surface area contributed by atoms with E-state index in [1.165, 1.54) is 0 Å². The number of halogens is 1. The van der Waals surface area contributed by atoms with E-state index in [0.717, 1.165) is 5.01 Å². The molecular weight excluding hydrogens is 340 g/mol. The molecule has 25 heavy (non-hydrogen) atoms. The van der Waals surface area contributed by atoms with Crippen molar-refractivity contribution in [2.45, 2.75) is 0 Å². The van der Waals surface area contributed by atoms with Gasteiger partial charge in [0.25, 0.3) is 17.7 Å². The lowest BCUT2D eigenvalue weighted by Crippen LogP contribution is -2.51. The standard InChI is InChI=1S/C19H11ClN2O3/c20-15-10-9-14-16-12(15)7-4-8-13(16)18(24)22(19(14)25)21-17(23)11-5-2-1-3-6-11/h1-10H,(H,21,23). The van der Waals surface area contributed by atoms with Crippen molar-refractivity contribution in [2.75, 3.05) is 0 Å². The van der Waals surface area contributed by atoms with Gasteiger partial charge in [-0.1, -0.05) is 41.9 Å². The summed E-state index contributed by atoms with van der Waals surface area (Å²) < 4.78 is 0. The first-order valence-electron chi connectivity index (χ1n) is 7.54. The number of imide groups is 1. The fourth-order valence-electron chi connectivity index (χ4n) is 2.92. The van der Waals surface area contributed by atoms with E-state index < -0.39 is 17.7 Å². The summed E-state index contributed by atoms with van der Waals surface area (Å²) in [5.74, 6) is -1.71. The second-order valence-corrected chi connectivity index (χ2v) is 5.98. The molecule has 1 aliphatic rings. The van der Waals surface area contributed by atoms with E-state index in [0.29, 0.717) is 32.5 Å². The first kappa shape index (κ1) is 15.4. The molecule has 1 aliphatic heterocycles. The van der Waals surface area contributed by atoms with Crippen molar-refractivity contribution in [2.24, 2.45) is 0 Å². The van der Waals surface area contributed by atoms with Crippen molar-refractivity contribution in [3.63, 3.8) is 0 Å². The van der Waals surface area contributed by atoms with Crippen LogP contribution in [0.3, 0.4) is 0 Å². The van der Waals surface area contributed by atoms with Crippen LogP contribution in [0.1, 0.15) is 31.1 Å². The van der Waals surface area contributed by atoms with Gasteiger partial charge in [-0.25, -0.2) is 0 Å². The van der Waals surface area contributed by atoms with E-state index in [4.69, 9.17) is 11.6 Å². The normalized spacial score (nSPS) is 13.2. The van der Waals surface area contributed by atoms with Crippen LogP contribution in [-0.4, -0.2) is 22.7 Å². The van der Waals surface area contributed by atoms with Crippen LogP contribution in [0, 0.1) is 0 Å². The van der Waals surface area contributed by atoms with Crippen LogP contribution in [0.5, 0.6) is 0 Å². The Morgan fingerprint density at radius 2 is 1.52 bits per heavy atom. The van der Waals surface area contributed by atoms with Gasteiger partial charge in [-0.2, -0.15) is 5.01 Å². The molecule has 0 spiro atoms. The van der Waals surface area contributed by atoms with E-state index in [9.17, 15) is 14.4 Å². The third-order valence-electron chi connectivity index (χ3n) is 4.10. The van der Waals surface area contributed by atoms with Crippen molar-refractivity contribution in [3.05, 3.63) is 82.4 Å². The summed E-state index contributed by atoms with van der Waals surface area (Å²) in [6.45, 7) is 0. The summed E-state index contributed by atoms with van der Waals surface area (Å²) in [5, 5.41) is 2.35. The molecule has 0 saturated carbocycles. The molecule has 4 rings (SSSR count). The number of carbonyl (C=O) groups excluding carboxylic acids is 3. The Morgan fingerprint density at radius 1 is 0.840 bits per heavy atom. The zero-order chi connectivity index (χ0) is 17.6. The maximum atomic E-state index is 12.7. The zero-order valence-electron chi connectivity index (χ0n) is 12.8. The van der Waals surface area contributed by atoms with Gasteiger partial charge in [0.05, 0.1) is 11.1 Å². The van der Waals surface area contributed by atoms with Crippen LogP contribution in [-0.2, 0) is 0 Å². The van der Waals surface area contributed by atoms with Gasteiger partial charge in [0.15, 0.2) is 0 Å². The lowest BCUT2D eigenvalue weighted by atomic mass is 9.95. The van der Waals surface area contributed by atoms with Crippen LogP contribution >= 0.6 is 11.6 Å². The zero-order valence-corrected chi connectivity index (χ0v) is 13.6. The molecule has 3 aromatic carbocycles. The molecule has 1 N–H and O–H groups in total. The predicted molar refractivity (Wildman–Crippen MR) is 93.4 cm³/mol. The Labute approximate surface area is 147 Å². The first-order valence-corrected chi connectivity index (χ1v) is 7.92. The summed E-state index contributed by atoms with van der Waals surface area (Å²) in [4.78, 5) is 37.8. The molecule has 0 aliphatic carbocycles. The number of nitrogens with zero attached hydrogens (tertiary/aromatic N) is 1. The number of amides is 3. The van der Waals surface area contributed by atoms with E-state index in [1.54, 1.807) is 60.7 Å². The van der Waals surface area contributed by atoms with Crippen molar-refractivity contribution >= 4 is 40.1 Å². The van der Waals surface area contributed by atoms with E-state index in [-0.39, 0.29) is 0 Å². The minimum Gasteiger partial charge on any atom is -0.267 e. The van der Waals surface area contributed by atoms with Gasteiger partial charge >= 0.3 is 0 Å². The maximum absolute atomic E-state index is 12.7. The smallest absolute Gasteiger partial charge is 0.267 e. The number of nitrogens with one attached hydrogen (secondary N) is 1. The monoisotopic (exact) mass is 350 g/mol.